The number of rotatable bonds is 8. The Kier molecular flexibility index (Phi) is 5.90. The van der Waals surface area contributed by atoms with E-state index in [4.69, 9.17) is 0 Å². The second-order valence-electron chi connectivity index (χ2n) is 8.56. The van der Waals surface area contributed by atoms with Crippen LogP contribution in [-0.2, 0) is 6.42 Å². The van der Waals surface area contributed by atoms with Crippen LogP contribution in [0.25, 0.3) is 11.1 Å². The van der Waals surface area contributed by atoms with Gasteiger partial charge in [-0.25, -0.2) is 4.98 Å². The van der Waals surface area contributed by atoms with Crippen LogP contribution in [0.3, 0.4) is 0 Å². The molecule has 0 spiro atoms. The highest BCUT2D eigenvalue weighted by atomic mass is 19.1. The van der Waals surface area contributed by atoms with E-state index in [2.05, 4.69) is 48.1 Å². The van der Waals surface area contributed by atoms with E-state index in [-0.39, 0.29) is 5.78 Å². The zero-order valence-electron chi connectivity index (χ0n) is 18.5. The van der Waals surface area contributed by atoms with Crippen molar-refractivity contribution in [2.75, 3.05) is 11.9 Å². The molecule has 0 saturated heterocycles. The first-order chi connectivity index (χ1) is 14.9. The second kappa shape index (κ2) is 8.62. The Bertz CT molecular complexity index is 1070. The average Bonchev–Trinajstić information content (AvgIpc) is 3.59. The largest absolute Gasteiger partial charge is 0.369 e. The fraction of sp³-hybridized carbons (Fsp3) is 0.333. The molecule has 3 aromatic rings. The van der Waals surface area contributed by atoms with Crippen LogP contribution >= 0.6 is 0 Å². The molecule has 1 fully saturated rings. The van der Waals surface area contributed by atoms with Gasteiger partial charge in [0, 0.05) is 36.0 Å². The topological polar surface area (TPSA) is 33.2 Å². The average molecular weight is 417 g/mol. The van der Waals surface area contributed by atoms with Crippen LogP contribution in [0.15, 0.2) is 60.7 Å². The van der Waals surface area contributed by atoms with Crippen molar-refractivity contribution in [1.82, 2.24) is 4.98 Å². The summed E-state index contributed by atoms with van der Waals surface area (Å²) in [6.45, 7) is 4.03. The highest BCUT2D eigenvalue weighted by molar-refractivity contribution is 5.96. The maximum atomic E-state index is 13.1. The summed E-state index contributed by atoms with van der Waals surface area (Å²) in [5.41, 5.74) is 6.10. The molecule has 0 unspecified atom stereocenters. The minimum atomic E-state index is -0.486. The van der Waals surface area contributed by atoms with Crippen molar-refractivity contribution in [3.05, 3.63) is 83.4 Å². The number of pyridine rings is 1. The van der Waals surface area contributed by atoms with E-state index in [1.54, 1.807) is 13.0 Å². The highest BCUT2D eigenvalue weighted by Crippen LogP contribution is 2.45. The number of hydrogen-bond donors (Lipinski definition) is 0. The van der Waals surface area contributed by atoms with Crippen LogP contribution in [-0.4, -0.2) is 23.4 Å². The Morgan fingerprint density at radius 3 is 2.16 bits per heavy atom. The molecule has 4 heteroatoms. The van der Waals surface area contributed by atoms with Gasteiger partial charge in [-0.2, -0.15) is 4.39 Å². The van der Waals surface area contributed by atoms with Crippen molar-refractivity contribution in [2.45, 2.75) is 51.5 Å². The molecule has 1 aromatic heterocycles. The van der Waals surface area contributed by atoms with Gasteiger partial charge in [-0.3, -0.25) is 4.79 Å². The molecule has 3 nitrogen and oxygen atoms in total. The Morgan fingerprint density at radius 1 is 1.00 bits per heavy atom. The lowest BCUT2D eigenvalue weighted by atomic mass is 9.99. The zero-order chi connectivity index (χ0) is 22.0. The molecule has 0 aliphatic heterocycles. The number of carbonyl (C=O) groups is 1. The number of nitrogens with zero attached hydrogens (tertiary/aromatic N) is 2. The summed E-state index contributed by atoms with van der Waals surface area (Å²) in [7, 11) is 2.19. The number of halogens is 1. The Balaban J connectivity index is 1.40. The van der Waals surface area contributed by atoms with Crippen molar-refractivity contribution < 1.29 is 9.18 Å². The van der Waals surface area contributed by atoms with E-state index >= 15 is 0 Å². The fourth-order valence-corrected chi connectivity index (χ4v) is 4.29. The zero-order valence-corrected chi connectivity index (χ0v) is 18.5. The standard InChI is InChI=1S/C27H29FN2O/c1-4-27(17-18-27)30(3)24-13-9-22(10-14-24)21-5-7-23(8-6-21)25(31)15-11-20-12-16-26(28)29-19(20)2/h5-10,12-14,16H,4,11,15,17-18H2,1-3H3. The van der Waals surface area contributed by atoms with E-state index in [1.165, 1.54) is 31.0 Å². The Labute approximate surface area is 183 Å². The summed E-state index contributed by atoms with van der Waals surface area (Å²) >= 11 is 0. The van der Waals surface area contributed by atoms with Gasteiger partial charge >= 0.3 is 0 Å². The molecule has 31 heavy (non-hydrogen) atoms. The fourth-order valence-electron chi connectivity index (χ4n) is 4.29. The summed E-state index contributed by atoms with van der Waals surface area (Å²) in [6.07, 6.45) is 4.67. The molecule has 4 rings (SSSR count). The lowest BCUT2D eigenvalue weighted by molar-refractivity contribution is 0.0983. The molecule has 160 valence electrons. The van der Waals surface area contributed by atoms with Gasteiger partial charge in [0.05, 0.1) is 0 Å². The summed E-state index contributed by atoms with van der Waals surface area (Å²) in [4.78, 5) is 18.8. The van der Waals surface area contributed by atoms with E-state index in [0.717, 1.165) is 16.7 Å². The van der Waals surface area contributed by atoms with Crippen molar-refractivity contribution in [3.63, 3.8) is 0 Å². The molecule has 0 radical (unpaired) electrons. The molecular formula is C27H29FN2O. The van der Waals surface area contributed by atoms with Gasteiger partial charge in [-0.05, 0) is 67.5 Å². The van der Waals surface area contributed by atoms with Gasteiger partial charge in [0.1, 0.15) is 0 Å². The molecule has 0 bridgehead atoms. The molecule has 0 amide bonds. The maximum Gasteiger partial charge on any atom is 0.213 e. The van der Waals surface area contributed by atoms with Gasteiger partial charge < -0.3 is 4.90 Å². The number of aryl methyl sites for hydroxylation is 2. The van der Waals surface area contributed by atoms with Crippen LogP contribution in [0.2, 0.25) is 0 Å². The molecule has 1 aliphatic rings. The lowest BCUT2D eigenvalue weighted by Gasteiger charge is -2.29. The number of anilines is 1. The van der Waals surface area contributed by atoms with Crippen LogP contribution in [0.5, 0.6) is 0 Å². The number of benzene rings is 2. The van der Waals surface area contributed by atoms with Crippen molar-refractivity contribution in [1.29, 1.82) is 0 Å². The van der Waals surface area contributed by atoms with E-state index in [1.807, 2.05) is 24.3 Å². The number of hydrogen-bond acceptors (Lipinski definition) is 3. The third kappa shape index (κ3) is 4.53. The molecule has 0 N–H and O–H groups in total. The van der Waals surface area contributed by atoms with Crippen LogP contribution in [0.4, 0.5) is 10.1 Å². The third-order valence-corrected chi connectivity index (χ3v) is 6.77. The monoisotopic (exact) mass is 416 g/mol. The van der Waals surface area contributed by atoms with Crippen LogP contribution in [0.1, 0.15) is 54.2 Å². The smallest absolute Gasteiger partial charge is 0.213 e. The Hall–Kier alpha value is -3.01. The molecule has 1 aliphatic carbocycles. The summed E-state index contributed by atoms with van der Waals surface area (Å²) < 4.78 is 13.1. The molecule has 0 atom stereocenters. The number of ketones is 1. The van der Waals surface area contributed by atoms with Gasteiger partial charge in [-0.15, -0.1) is 0 Å². The molecular weight excluding hydrogens is 387 g/mol. The van der Waals surface area contributed by atoms with E-state index in [0.29, 0.717) is 29.6 Å². The lowest BCUT2D eigenvalue weighted by Crippen LogP contribution is -2.32. The predicted molar refractivity (Wildman–Crippen MR) is 124 cm³/mol. The Morgan fingerprint density at radius 2 is 1.61 bits per heavy atom. The normalized spacial score (nSPS) is 14.3. The van der Waals surface area contributed by atoms with E-state index < -0.39 is 5.95 Å². The number of carbonyl (C=O) groups excluding carboxylic acids is 1. The minimum Gasteiger partial charge on any atom is -0.369 e. The van der Waals surface area contributed by atoms with Crippen LogP contribution in [0, 0.1) is 12.9 Å². The first kappa shape index (κ1) is 21.2. The third-order valence-electron chi connectivity index (χ3n) is 6.77. The van der Waals surface area contributed by atoms with Gasteiger partial charge in [0.25, 0.3) is 0 Å². The van der Waals surface area contributed by atoms with Crippen LogP contribution < -0.4 is 4.90 Å². The molecule has 1 saturated carbocycles. The number of aromatic nitrogens is 1. The summed E-state index contributed by atoms with van der Waals surface area (Å²) in [5, 5.41) is 0. The first-order valence-corrected chi connectivity index (χ1v) is 11.0. The molecule has 2 aromatic carbocycles. The van der Waals surface area contributed by atoms with Gasteiger partial charge in [0.15, 0.2) is 5.78 Å². The maximum absolute atomic E-state index is 13.1. The number of Topliss-reactive ketones (excluding diaryl/α,β-unsaturated/α-hetero) is 1. The quantitative estimate of drug-likeness (QED) is 0.315. The van der Waals surface area contributed by atoms with Crippen molar-refractivity contribution in [2.24, 2.45) is 0 Å². The first-order valence-electron chi connectivity index (χ1n) is 11.0. The highest BCUT2D eigenvalue weighted by Gasteiger charge is 2.44. The van der Waals surface area contributed by atoms with Gasteiger partial charge in [0.2, 0.25) is 5.95 Å². The summed E-state index contributed by atoms with van der Waals surface area (Å²) in [6, 6.07) is 19.5. The summed E-state index contributed by atoms with van der Waals surface area (Å²) in [5.74, 6) is -0.401. The molecule has 1 heterocycles. The SMILES string of the molecule is CCC1(N(C)c2ccc(-c3ccc(C(=O)CCc4ccc(F)nc4C)cc3)cc2)CC1. The van der Waals surface area contributed by atoms with Crippen molar-refractivity contribution in [3.8, 4) is 11.1 Å². The van der Waals surface area contributed by atoms with Crippen molar-refractivity contribution >= 4 is 11.5 Å². The van der Waals surface area contributed by atoms with Gasteiger partial charge in [-0.1, -0.05) is 49.4 Å². The van der Waals surface area contributed by atoms with E-state index in [9.17, 15) is 9.18 Å². The second-order valence-corrected chi connectivity index (χ2v) is 8.56. The minimum absolute atomic E-state index is 0.0848. The predicted octanol–water partition coefficient (Wildman–Crippen LogP) is 6.39.